The Bertz CT molecular complexity index is 479. The van der Waals surface area contributed by atoms with Gasteiger partial charge in [0, 0.05) is 18.2 Å². The van der Waals surface area contributed by atoms with Crippen LogP contribution in [-0.2, 0) is 0 Å². The minimum Gasteiger partial charge on any atom is -0.389 e. The van der Waals surface area contributed by atoms with Gasteiger partial charge in [0.05, 0.1) is 0 Å². The van der Waals surface area contributed by atoms with Gasteiger partial charge in [-0.3, -0.25) is 0 Å². The summed E-state index contributed by atoms with van der Waals surface area (Å²) in [6.07, 6.45) is 1.92. The Labute approximate surface area is 117 Å². The van der Waals surface area contributed by atoms with Gasteiger partial charge in [0.2, 0.25) is 0 Å². The van der Waals surface area contributed by atoms with Crippen molar-refractivity contribution in [2.45, 2.75) is 32.7 Å². The van der Waals surface area contributed by atoms with E-state index in [1.807, 2.05) is 4.90 Å². The maximum absolute atomic E-state index is 14.2. The highest BCUT2D eigenvalue weighted by atomic mass is 32.1. The van der Waals surface area contributed by atoms with E-state index >= 15 is 0 Å². The molecule has 1 aliphatic heterocycles. The first kappa shape index (κ1) is 14.2. The van der Waals surface area contributed by atoms with Crippen molar-refractivity contribution in [3.05, 3.63) is 29.3 Å². The third-order valence-electron chi connectivity index (χ3n) is 3.66. The van der Waals surface area contributed by atoms with E-state index in [1.165, 1.54) is 12.1 Å². The molecule has 0 aromatic heterocycles. The second kappa shape index (κ2) is 5.41. The molecular weight excluding hydrogens is 266 g/mol. The normalized spacial score (nSPS) is 19.2. The van der Waals surface area contributed by atoms with Crippen LogP contribution in [0.15, 0.2) is 12.1 Å². The molecule has 0 bridgehead atoms. The molecule has 5 heteroatoms. The minimum absolute atomic E-state index is 0.00572. The average Bonchev–Trinajstić information content (AvgIpc) is 2.76. The number of hydrogen-bond acceptors (Lipinski definition) is 2. The largest absolute Gasteiger partial charge is 0.389 e. The molecule has 2 rings (SSSR count). The topological polar surface area (TPSA) is 29.3 Å². The summed E-state index contributed by atoms with van der Waals surface area (Å²) in [5.74, 6) is -0.817. The Morgan fingerprint density at radius 1 is 1.37 bits per heavy atom. The second-order valence-corrected chi connectivity index (χ2v) is 5.74. The summed E-state index contributed by atoms with van der Waals surface area (Å²) in [5.41, 5.74) is 5.70. The van der Waals surface area contributed by atoms with Crippen molar-refractivity contribution >= 4 is 22.9 Å². The Morgan fingerprint density at radius 3 is 2.42 bits per heavy atom. The van der Waals surface area contributed by atoms with Gasteiger partial charge in [0.15, 0.2) is 0 Å². The molecule has 1 fully saturated rings. The summed E-state index contributed by atoms with van der Waals surface area (Å²) in [7, 11) is 0. The van der Waals surface area contributed by atoms with Crippen molar-refractivity contribution in [2.75, 3.05) is 11.4 Å². The molecule has 1 atom stereocenters. The standard InChI is InChI=1S/C14H18F2N2S/c1-8(2)12-4-3-5-18(12)13-10(15)6-9(14(17)19)7-11(13)16/h6-8,12H,3-5H2,1-2H3,(H2,17,19). The van der Waals surface area contributed by atoms with E-state index in [-0.39, 0.29) is 22.3 Å². The van der Waals surface area contributed by atoms with Crippen LogP contribution in [0.4, 0.5) is 14.5 Å². The number of nitrogens with two attached hydrogens (primary N) is 1. The van der Waals surface area contributed by atoms with Gasteiger partial charge in [0.25, 0.3) is 0 Å². The van der Waals surface area contributed by atoms with E-state index in [0.29, 0.717) is 12.5 Å². The van der Waals surface area contributed by atoms with Crippen LogP contribution in [0.2, 0.25) is 0 Å². The van der Waals surface area contributed by atoms with Crippen molar-refractivity contribution < 1.29 is 8.78 Å². The van der Waals surface area contributed by atoms with Crippen molar-refractivity contribution in [1.82, 2.24) is 0 Å². The number of anilines is 1. The highest BCUT2D eigenvalue weighted by Gasteiger charge is 2.31. The summed E-state index contributed by atoms with van der Waals surface area (Å²) in [6.45, 7) is 4.83. The first-order chi connectivity index (χ1) is 8.91. The first-order valence-electron chi connectivity index (χ1n) is 6.47. The summed E-state index contributed by atoms with van der Waals surface area (Å²) < 4.78 is 28.3. The molecule has 1 heterocycles. The van der Waals surface area contributed by atoms with Crippen molar-refractivity contribution in [2.24, 2.45) is 11.7 Å². The van der Waals surface area contributed by atoms with Gasteiger partial charge < -0.3 is 10.6 Å². The number of benzene rings is 1. The molecule has 1 unspecified atom stereocenters. The van der Waals surface area contributed by atoms with Crippen molar-refractivity contribution in [1.29, 1.82) is 0 Å². The van der Waals surface area contributed by atoms with Gasteiger partial charge in [-0.05, 0) is 30.9 Å². The van der Waals surface area contributed by atoms with Crippen LogP contribution in [0, 0.1) is 17.6 Å². The molecule has 0 spiro atoms. The smallest absolute Gasteiger partial charge is 0.150 e. The zero-order valence-electron chi connectivity index (χ0n) is 11.1. The number of nitrogens with zero attached hydrogens (tertiary/aromatic N) is 1. The Kier molecular flexibility index (Phi) is 4.04. The molecule has 1 aromatic carbocycles. The van der Waals surface area contributed by atoms with Gasteiger partial charge in [0.1, 0.15) is 22.3 Å². The summed E-state index contributed by atoms with van der Waals surface area (Å²) in [5, 5.41) is 0. The van der Waals surface area contributed by atoms with E-state index in [0.717, 1.165) is 12.8 Å². The minimum atomic E-state index is -0.588. The van der Waals surface area contributed by atoms with E-state index in [4.69, 9.17) is 18.0 Å². The lowest BCUT2D eigenvalue weighted by Gasteiger charge is -2.30. The lowest BCUT2D eigenvalue weighted by atomic mass is 10.0. The van der Waals surface area contributed by atoms with Crippen LogP contribution in [0.1, 0.15) is 32.3 Å². The maximum atomic E-state index is 14.2. The highest BCUT2D eigenvalue weighted by molar-refractivity contribution is 7.80. The number of thiocarbonyl (C=S) groups is 1. The monoisotopic (exact) mass is 284 g/mol. The SMILES string of the molecule is CC(C)C1CCCN1c1c(F)cc(C(N)=S)cc1F. The molecule has 0 radical (unpaired) electrons. The van der Waals surface area contributed by atoms with Crippen molar-refractivity contribution in [3.63, 3.8) is 0 Å². The molecule has 19 heavy (non-hydrogen) atoms. The Balaban J connectivity index is 2.42. The maximum Gasteiger partial charge on any atom is 0.150 e. The van der Waals surface area contributed by atoms with Gasteiger partial charge >= 0.3 is 0 Å². The van der Waals surface area contributed by atoms with E-state index in [2.05, 4.69) is 13.8 Å². The fourth-order valence-corrected chi connectivity index (χ4v) is 2.86. The predicted molar refractivity (Wildman–Crippen MR) is 77.5 cm³/mol. The van der Waals surface area contributed by atoms with Crippen LogP contribution in [-0.4, -0.2) is 17.6 Å². The van der Waals surface area contributed by atoms with Crippen LogP contribution in [0.3, 0.4) is 0 Å². The van der Waals surface area contributed by atoms with Gasteiger partial charge in [-0.15, -0.1) is 0 Å². The molecule has 1 aromatic rings. The molecule has 1 saturated heterocycles. The predicted octanol–water partition coefficient (Wildman–Crippen LogP) is 3.22. The molecule has 0 amide bonds. The van der Waals surface area contributed by atoms with E-state index < -0.39 is 11.6 Å². The van der Waals surface area contributed by atoms with Crippen molar-refractivity contribution in [3.8, 4) is 0 Å². The lowest BCUT2D eigenvalue weighted by molar-refractivity contribution is 0.477. The molecule has 104 valence electrons. The van der Waals surface area contributed by atoms with Crippen LogP contribution in [0.25, 0.3) is 0 Å². The molecule has 1 aliphatic rings. The number of hydrogen-bond donors (Lipinski definition) is 1. The van der Waals surface area contributed by atoms with E-state index in [9.17, 15) is 8.78 Å². The zero-order valence-corrected chi connectivity index (χ0v) is 11.9. The summed E-state index contributed by atoms with van der Waals surface area (Å²) in [4.78, 5) is 1.84. The number of halogens is 2. The fraction of sp³-hybridized carbons (Fsp3) is 0.500. The van der Waals surface area contributed by atoms with Crippen LogP contribution < -0.4 is 10.6 Å². The second-order valence-electron chi connectivity index (χ2n) is 5.30. The van der Waals surface area contributed by atoms with Gasteiger partial charge in [-0.2, -0.15) is 0 Å². The molecular formula is C14H18F2N2S. The Hall–Kier alpha value is -1.23. The first-order valence-corrected chi connectivity index (χ1v) is 6.88. The third-order valence-corrected chi connectivity index (χ3v) is 3.89. The van der Waals surface area contributed by atoms with Crippen LogP contribution in [0.5, 0.6) is 0 Å². The average molecular weight is 284 g/mol. The molecule has 0 aliphatic carbocycles. The quantitative estimate of drug-likeness (QED) is 0.864. The lowest BCUT2D eigenvalue weighted by Crippen LogP contribution is -2.34. The fourth-order valence-electron chi connectivity index (χ4n) is 2.75. The molecule has 2 N–H and O–H groups in total. The van der Waals surface area contributed by atoms with Crippen LogP contribution >= 0.6 is 12.2 Å². The van der Waals surface area contributed by atoms with E-state index in [1.54, 1.807) is 0 Å². The molecule has 2 nitrogen and oxygen atoms in total. The van der Waals surface area contributed by atoms with Gasteiger partial charge in [-0.1, -0.05) is 26.1 Å². The highest BCUT2D eigenvalue weighted by Crippen LogP contribution is 2.34. The molecule has 0 saturated carbocycles. The number of rotatable bonds is 3. The summed E-state index contributed by atoms with van der Waals surface area (Å²) in [6, 6.07) is 2.62. The Morgan fingerprint density at radius 2 is 1.95 bits per heavy atom. The van der Waals surface area contributed by atoms with Gasteiger partial charge in [-0.25, -0.2) is 8.78 Å². The summed E-state index contributed by atoms with van der Waals surface area (Å²) >= 11 is 4.75. The zero-order chi connectivity index (χ0) is 14.2. The third kappa shape index (κ3) is 2.71.